The van der Waals surface area contributed by atoms with E-state index in [9.17, 15) is 18.0 Å². The lowest BCUT2D eigenvalue weighted by atomic mass is 10.1. The van der Waals surface area contributed by atoms with Gasteiger partial charge in [-0.1, -0.05) is 29.8 Å². The average molecular weight is 466 g/mol. The van der Waals surface area contributed by atoms with Crippen LogP contribution in [0, 0.1) is 13.8 Å². The van der Waals surface area contributed by atoms with Gasteiger partial charge in [0, 0.05) is 18.6 Å². The van der Waals surface area contributed by atoms with E-state index in [1.807, 2.05) is 19.9 Å². The Labute approximate surface area is 189 Å². The van der Waals surface area contributed by atoms with Gasteiger partial charge in [-0.05, 0) is 61.7 Å². The maximum atomic E-state index is 13.3. The molecule has 0 spiro atoms. The summed E-state index contributed by atoms with van der Waals surface area (Å²) in [6.07, 6.45) is 1.06. The van der Waals surface area contributed by atoms with Crippen LogP contribution in [0.15, 0.2) is 42.5 Å². The highest BCUT2D eigenvalue weighted by molar-refractivity contribution is 7.92. The highest BCUT2D eigenvalue weighted by Gasteiger charge is 2.29. The van der Waals surface area contributed by atoms with E-state index in [4.69, 9.17) is 11.6 Å². The van der Waals surface area contributed by atoms with Gasteiger partial charge >= 0.3 is 0 Å². The molecular formula is C22H28ClN3O4S. The van der Waals surface area contributed by atoms with Crippen LogP contribution in [0.1, 0.15) is 23.6 Å². The van der Waals surface area contributed by atoms with Crippen LogP contribution in [0.4, 0.5) is 5.69 Å². The smallest absolute Gasteiger partial charge is 0.244 e. The summed E-state index contributed by atoms with van der Waals surface area (Å²) in [5.74, 6) is -0.853. The van der Waals surface area contributed by atoms with Gasteiger partial charge < -0.3 is 10.2 Å². The van der Waals surface area contributed by atoms with Crippen molar-refractivity contribution < 1.29 is 18.0 Å². The lowest BCUT2D eigenvalue weighted by Crippen LogP contribution is -2.50. The number of benzene rings is 2. The first-order valence-electron chi connectivity index (χ1n) is 9.74. The third-order valence-electron chi connectivity index (χ3n) is 4.83. The Hall–Kier alpha value is -2.58. The molecule has 0 aliphatic heterocycles. The number of sulfonamides is 1. The summed E-state index contributed by atoms with van der Waals surface area (Å²) in [4.78, 5) is 26.9. The Bertz CT molecular complexity index is 1050. The molecule has 0 saturated carbocycles. The van der Waals surface area contributed by atoms with Crippen molar-refractivity contribution in [1.29, 1.82) is 0 Å². The molecule has 1 N–H and O–H groups in total. The number of anilines is 1. The molecule has 1 atom stereocenters. The number of amides is 2. The van der Waals surface area contributed by atoms with E-state index < -0.39 is 28.5 Å². The second kappa shape index (κ2) is 10.2. The van der Waals surface area contributed by atoms with Crippen molar-refractivity contribution in [3.05, 3.63) is 64.2 Å². The van der Waals surface area contributed by atoms with Crippen LogP contribution in [0.5, 0.6) is 0 Å². The van der Waals surface area contributed by atoms with E-state index >= 15 is 0 Å². The number of hydrogen-bond acceptors (Lipinski definition) is 4. The van der Waals surface area contributed by atoms with E-state index in [0.29, 0.717) is 10.7 Å². The van der Waals surface area contributed by atoms with Gasteiger partial charge in [0.2, 0.25) is 21.8 Å². The van der Waals surface area contributed by atoms with Crippen molar-refractivity contribution in [3.63, 3.8) is 0 Å². The zero-order chi connectivity index (χ0) is 23.3. The molecule has 0 radical (unpaired) electrons. The molecule has 7 nitrogen and oxygen atoms in total. The minimum atomic E-state index is -3.75. The van der Waals surface area contributed by atoms with E-state index in [2.05, 4.69) is 5.32 Å². The molecule has 168 valence electrons. The topological polar surface area (TPSA) is 86.8 Å². The van der Waals surface area contributed by atoms with E-state index in [0.717, 1.165) is 27.3 Å². The maximum Gasteiger partial charge on any atom is 0.244 e. The lowest BCUT2D eigenvalue weighted by molar-refractivity contribution is -0.139. The molecule has 2 aromatic rings. The third kappa shape index (κ3) is 6.70. The van der Waals surface area contributed by atoms with Crippen molar-refractivity contribution in [1.82, 2.24) is 10.2 Å². The molecule has 0 aromatic heterocycles. The quantitative estimate of drug-likeness (QED) is 0.649. The van der Waals surface area contributed by atoms with Gasteiger partial charge in [-0.25, -0.2) is 8.42 Å². The molecule has 1 unspecified atom stereocenters. The van der Waals surface area contributed by atoms with Gasteiger partial charge in [-0.2, -0.15) is 0 Å². The van der Waals surface area contributed by atoms with Crippen LogP contribution in [-0.4, -0.2) is 51.0 Å². The van der Waals surface area contributed by atoms with Gasteiger partial charge in [0.15, 0.2) is 0 Å². The fourth-order valence-electron chi connectivity index (χ4n) is 3.33. The second-order valence-corrected chi connectivity index (χ2v) is 9.90. The van der Waals surface area contributed by atoms with Crippen molar-refractivity contribution in [2.75, 3.05) is 24.2 Å². The maximum absolute atomic E-state index is 13.3. The number of hydrogen-bond donors (Lipinski definition) is 1. The number of carbonyl (C=O) groups excluding carboxylic acids is 2. The van der Waals surface area contributed by atoms with Crippen LogP contribution in [-0.2, 0) is 26.2 Å². The highest BCUT2D eigenvalue weighted by atomic mass is 35.5. The second-order valence-electron chi connectivity index (χ2n) is 7.56. The Kier molecular flexibility index (Phi) is 8.08. The van der Waals surface area contributed by atoms with Gasteiger partial charge in [0.05, 0.1) is 11.9 Å². The molecule has 0 heterocycles. The minimum absolute atomic E-state index is 0.110. The molecule has 31 heavy (non-hydrogen) atoms. The Morgan fingerprint density at radius 2 is 1.71 bits per heavy atom. The fourth-order valence-corrected chi connectivity index (χ4v) is 4.38. The zero-order valence-electron chi connectivity index (χ0n) is 18.3. The monoisotopic (exact) mass is 465 g/mol. The average Bonchev–Trinajstić information content (AvgIpc) is 2.67. The van der Waals surface area contributed by atoms with Crippen molar-refractivity contribution in [2.24, 2.45) is 0 Å². The summed E-state index contributed by atoms with van der Waals surface area (Å²) in [5.41, 5.74) is 2.90. The molecule has 2 rings (SSSR count). The van der Waals surface area contributed by atoms with Gasteiger partial charge in [-0.3, -0.25) is 13.9 Å². The summed E-state index contributed by atoms with van der Waals surface area (Å²) in [6, 6.07) is 11.5. The van der Waals surface area contributed by atoms with Crippen LogP contribution in [0.25, 0.3) is 0 Å². The van der Waals surface area contributed by atoms with Gasteiger partial charge in [0.25, 0.3) is 0 Å². The zero-order valence-corrected chi connectivity index (χ0v) is 19.9. The number of aryl methyl sites for hydroxylation is 2. The van der Waals surface area contributed by atoms with Crippen LogP contribution >= 0.6 is 11.6 Å². The number of rotatable bonds is 8. The summed E-state index contributed by atoms with van der Waals surface area (Å²) < 4.78 is 26.1. The Morgan fingerprint density at radius 3 is 2.23 bits per heavy atom. The standard InChI is InChI=1S/C22H28ClN3O4S/c1-15-9-16(2)11-20(10-15)26(31(5,29)30)14-21(27)25(17(3)22(28)24-4)13-18-7-6-8-19(23)12-18/h6-12,17H,13-14H2,1-5H3,(H,24,28). The Morgan fingerprint density at radius 1 is 1.10 bits per heavy atom. The summed E-state index contributed by atoms with van der Waals surface area (Å²) in [6.45, 7) is 5.00. The molecule has 0 fully saturated rings. The summed E-state index contributed by atoms with van der Waals surface area (Å²) in [5, 5.41) is 3.04. The number of nitrogens with one attached hydrogen (secondary N) is 1. The van der Waals surface area contributed by atoms with Gasteiger partial charge in [0.1, 0.15) is 12.6 Å². The molecule has 2 amide bonds. The first-order chi connectivity index (χ1) is 14.4. The number of likely N-dealkylation sites (N-methyl/N-ethyl adjacent to an activating group) is 1. The van der Waals surface area contributed by atoms with Crippen LogP contribution in [0.3, 0.4) is 0 Å². The number of carbonyl (C=O) groups is 2. The molecule has 0 aliphatic rings. The third-order valence-corrected chi connectivity index (χ3v) is 6.20. The lowest BCUT2D eigenvalue weighted by Gasteiger charge is -2.31. The molecular weight excluding hydrogens is 438 g/mol. The summed E-state index contributed by atoms with van der Waals surface area (Å²) >= 11 is 6.06. The van der Waals surface area contributed by atoms with Crippen LogP contribution < -0.4 is 9.62 Å². The SMILES string of the molecule is CNC(=O)C(C)N(Cc1cccc(Cl)c1)C(=O)CN(c1cc(C)cc(C)c1)S(C)(=O)=O. The predicted octanol–water partition coefficient (Wildman–Crippen LogP) is 2.89. The molecule has 9 heteroatoms. The molecule has 2 aromatic carbocycles. The van der Waals surface area contributed by atoms with Gasteiger partial charge in [-0.15, -0.1) is 0 Å². The van der Waals surface area contributed by atoms with E-state index in [1.165, 1.54) is 11.9 Å². The highest BCUT2D eigenvalue weighted by Crippen LogP contribution is 2.22. The Balaban J connectivity index is 2.42. The number of nitrogens with zero attached hydrogens (tertiary/aromatic N) is 2. The number of halogens is 1. The molecule has 0 aliphatic carbocycles. The largest absolute Gasteiger partial charge is 0.357 e. The predicted molar refractivity (Wildman–Crippen MR) is 124 cm³/mol. The van der Waals surface area contributed by atoms with Crippen molar-refractivity contribution in [3.8, 4) is 0 Å². The normalized spacial score (nSPS) is 12.2. The fraction of sp³-hybridized carbons (Fsp3) is 0.364. The first-order valence-corrected chi connectivity index (χ1v) is 12.0. The van der Waals surface area contributed by atoms with E-state index in [-0.39, 0.29) is 12.5 Å². The molecule has 0 bridgehead atoms. The molecule has 0 saturated heterocycles. The van der Waals surface area contributed by atoms with E-state index in [1.54, 1.807) is 43.3 Å². The minimum Gasteiger partial charge on any atom is -0.357 e. The van der Waals surface area contributed by atoms with Crippen molar-refractivity contribution in [2.45, 2.75) is 33.4 Å². The van der Waals surface area contributed by atoms with Crippen LogP contribution in [0.2, 0.25) is 5.02 Å². The first kappa shape index (κ1) is 24.7. The summed E-state index contributed by atoms with van der Waals surface area (Å²) in [7, 11) is -2.26. The van der Waals surface area contributed by atoms with Crippen molar-refractivity contribution >= 4 is 39.1 Å².